The van der Waals surface area contributed by atoms with Crippen molar-refractivity contribution in [3.63, 3.8) is 0 Å². The third-order valence-corrected chi connectivity index (χ3v) is 2.07. The molecule has 0 aliphatic carbocycles. The molecule has 0 aromatic rings. The Kier molecular flexibility index (Phi) is 9.06. The van der Waals surface area contributed by atoms with Crippen molar-refractivity contribution in [2.24, 2.45) is 0 Å². The van der Waals surface area contributed by atoms with Gasteiger partial charge in [0, 0.05) is 20.3 Å². The Morgan fingerprint density at radius 2 is 1.67 bits per heavy atom. The van der Waals surface area contributed by atoms with Crippen molar-refractivity contribution in [2.75, 3.05) is 20.3 Å². The monoisotopic (exact) mass is 172 g/mol. The van der Waals surface area contributed by atoms with Crippen molar-refractivity contribution >= 4 is 6.92 Å². The molecule has 0 amide bonds. The van der Waals surface area contributed by atoms with Crippen LogP contribution in [0.15, 0.2) is 0 Å². The lowest BCUT2D eigenvalue weighted by Gasteiger charge is -2.01. The van der Waals surface area contributed by atoms with Crippen LogP contribution in [0.25, 0.3) is 0 Å². The van der Waals surface area contributed by atoms with Crippen LogP contribution in [0.5, 0.6) is 0 Å². The molecule has 0 spiro atoms. The van der Waals surface area contributed by atoms with Gasteiger partial charge in [-0.15, -0.1) is 0 Å². The molecule has 72 valence electrons. The molecule has 0 saturated carbocycles. The third-order valence-electron chi connectivity index (χ3n) is 2.07. The maximum absolute atomic E-state index is 5.05. The zero-order valence-electron chi connectivity index (χ0n) is 8.64. The molecule has 0 aromatic carbocycles. The van der Waals surface area contributed by atoms with Gasteiger partial charge >= 0.3 is 0 Å². The summed E-state index contributed by atoms with van der Waals surface area (Å²) in [6.45, 7) is 6.76. The highest BCUT2D eigenvalue weighted by Gasteiger charge is 2.04. The Balaban J connectivity index is 0.000000211. The minimum absolute atomic E-state index is 0.486. The molecular formula is C9H21BO2. The molecule has 0 aromatic heterocycles. The summed E-state index contributed by atoms with van der Waals surface area (Å²) in [7, 11) is 1.76. The Morgan fingerprint density at radius 3 is 1.75 bits per heavy atom. The Labute approximate surface area is 76.7 Å². The van der Waals surface area contributed by atoms with Gasteiger partial charge in [-0.25, -0.2) is 0 Å². The van der Waals surface area contributed by atoms with Crippen molar-refractivity contribution in [1.82, 2.24) is 0 Å². The van der Waals surface area contributed by atoms with Crippen LogP contribution >= 0.6 is 0 Å². The lowest BCUT2D eigenvalue weighted by atomic mass is 9.63. The molecular weight excluding hydrogens is 151 g/mol. The molecule has 1 heterocycles. The predicted molar refractivity (Wildman–Crippen MR) is 53.8 cm³/mol. The summed E-state index contributed by atoms with van der Waals surface area (Å²) in [5, 5.41) is 0. The van der Waals surface area contributed by atoms with Crippen LogP contribution in [0.4, 0.5) is 0 Å². The molecule has 0 bridgehead atoms. The fraction of sp³-hybridized carbons (Fsp3) is 1.00. The summed E-state index contributed by atoms with van der Waals surface area (Å²) < 4.78 is 9.99. The minimum atomic E-state index is 0.486. The minimum Gasteiger partial charge on any atom is -0.439 e. The summed E-state index contributed by atoms with van der Waals surface area (Å²) in [5.74, 6) is 0. The van der Waals surface area contributed by atoms with E-state index in [0.717, 1.165) is 25.9 Å². The normalized spacial score (nSPS) is 15.2. The first-order valence-corrected chi connectivity index (χ1v) is 4.95. The van der Waals surface area contributed by atoms with E-state index in [2.05, 4.69) is 13.8 Å². The van der Waals surface area contributed by atoms with Crippen LogP contribution in [0.1, 0.15) is 26.7 Å². The highest BCUT2D eigenvalue weighted by atomic mass is 16.5. The molecule has 1 fully saturated rings. The molecule has 0 N–H and O–H groups in total. The van der Waals surface area contributed by atoms with Gasteiger partial charge in [0.05, 0.1) is 0 Å². The van der Waals surface area contributed by atoms with Gasteiger partial charge in [-0.05, 0) is 12.8 Å². The van der Waals surface area contributed by atoms with Gasteiger partial charge in [-0.3, -0.25) is 0 Å². The van der Waals surface area contributed by atoms with Crippen LogP contribution < -0.4 is 0 Å². The van der Waals surface area contributed by atoms with Gasteiger partial charge in [0.1, 0.15) is 0 Å². The van der Waals surface area contributed by atoms with Gasteiger partial charge in [0.2, 0.25) is 0 Å². The van der Waals surface area contributed by atoms with E-state index in [-0.39, 0.29) is 0 Å². The largest absolute Gasteiger partial charge is 0.439 e. The average molecular weight is 172 g/mol. The van der Waals surface area contributed by atoms with Crippen LogP contribution in [0.3, 0.4) is 0 Å². The van der Waals surface area contributed by atoms with Crippen LogP contribution in [-0.4, -0.2) is 27.2 Å². The van der Waals surface area contributed by atoms with Gasteiger partial charge in [0.15, 0.2) is 0 Å². The quantitative estimate of drug-likeness (QED) is 0.608. The molecule has 0 unspecified atom stereocenters. The molecule has 0 radical (unpaired) electrons. The smallest absolute Gasteiger partial charge is 0.292 e. The van der Waals surface area contributed by atoms with Crippen LogP contribution in [0.2, 0.25) is 12.6 Å². The molecule has 12 heavy (non-hydrogen) atoms. The molecule has 1 saturated heterocycles. The van der Waals surface area contributed by atoms with E-state index in [9.17, 15) is 0 Å². The van der Waals surface area contributed by atoms with Crippen molar-refractivity contribution in [3.05, 3.63) is 0 Å². The highest BCUT2D eigenvalue weighted by Crippen LogP contribution is 1.98. The lowest BCUT2D eigenvalue weighted by molar-refractivity contribution is 0.198. The Hall–Kier alpha value is -0.0151. The van der Waals surface area contributed by atoms with E-state index in [1.807, 2.05) is 0 Å². The fourth-order valence-corrected chi connectivity index (χ4v) is 1.13. The van der Waals surface area contributed by atoms with E-state index < -0.39 is 0 Å². The second-order valence-corrected chi connectivity index (χ2v) is 2.99. The van der Waals surface area contributed by atoms with E-state index in [4.69, 9.17) is 9.39 Å². The maximum Gasteiger partial charge on any atom is 0.292 e. The van der Waals surface area contributed by atoms with Crippen LogP contribution in [0, 0.1) is 0 Å². The summed E-state index contributed by atoms with van der Waals surface area (Å²) in [6.07, 6.45) is 4.82. The van der Waals surface area contributed by atoms with E-state index in [1.54, 1.807) is 7.11 Å². The number of rotatable bonds is 3. The highest BCUT2D eigenvalue weighted by molar-refractivity contribution is 6.51. The lowest BCUT2D eigenvalue weighted by Crippen LogP contribution is -2.11. The Morgan fingerprint density at radius 1 is 1.17 bits per heavy atom. The van der Waals surface area contributed by atoms with Gasteiger partial charge in [-0.1, -0.05) is 26.5 Å². The summed E-state index contributed by atoms with van der Waals surface area (Å²) in [6, 6.07) is 0. The Bertz CT molecular complexity index is 67.5. The number of hydrogen-bond donors (Lipinski definition) is 0. The van der Waals surface area contributed by atoms with Gasteiger partial charge in [0.25, 0.3) is 6.92 Å². The zero-order chi connectivity index (χ0) is 9.23. The van der Waals surface area contributed by atoms with Gasteiger partial charge in [-0.2, -0.15) is 0 Å². The third kappa shape index (κ3) is 6.68. The molecule has 2 nitrogen and oxygen atoms in total. The molecule has 3 heteroatoms. The topological polar surface area (TPSA) is 18.5 Å². The standard InChI is InChI=1S/C5H13BO.C4H8O/c1-4-6(5-2)7-3;1-2-4-5-3-1/h4-5H2,1-3H3;1-4H2. The second kappa shape index (κ2) is 9.08. The average Bonchev–Trinajstić information content (AvgIpc) is 2.64. The van der Waals surface area contributed by atoms with Crippen molar-refractivity contribution in [3.8, 4) is 0 Å². The predicted octanol–water partition coefficient (Wildman–Crippen LogP) is 2.46. The summed E-state index contributed by atoms with van der Waals surface area (Å²) >= 11 is 0. The molecule has 1 aliphatic heterocycles. The second-order valence-electron chi connectivity index (χ2n) is 2.99. The SMILES string of the molecule is C1CCOC1.CCB(CC)OC. The van der Waals surface area contributed by atoms with Crippen molar-refractivity contribution < 1.29 is 9.39 Å². The van der Waals surface area contributed by atoms with Gasteiger partial charge < -0.3 is 9.39 Å². The molecule has 0 atom stereocenters. The first kappa shape index (κ1) is 12.0. The summed E-state index contributed by atoms with van der Waals surface area (Å²) in [4.78, 5) is 0. The number of hydrogen-bond acceptors (Lipinski definition) is 2. The van der Waals surface area contributed by atoms with Crippen molar-refractivity contribution in [1.29, 1.82) is 0 Å². The zero-order valence-corrected chi connectivity index (χ0v) is 8.64. The van der Waals surface area contributed by atoms with Crippen LogP contribution in [-0.2, 0) is 9.39 Å². The van der Waals surface area contributed by atoms with Crippen molar-refractivity contribution in [2.45, 2.75) is 39.3 Å². The number of ether oxygens (including phenoxy) is 1. The summed E-state index contributed by atoms with van der Waals surface area (Å²) in [5.41, 5.74) is 0. The first-order chi connectivity index (χ1) is 5.85. The maximum atomic E-state index is 5.05. The molecule has 1 aliphatic rings. The van der Waals surface area contributed by atoms with E-state index in [1.165, 1.54) is 12.8 Å². The van der Waals surface area contributed by atoms with E-state index >= 15 is 0 Å². The fourth-order valence-electron chi connectivity index (χ4n) is 1.13. The van der Waals surface area contributed by atoms with E-state index in [0.29, 0.717) is 6.92 Å². The molecule has 1 rings (SSSR count). The first-order valence-electron chi connectivity index (χ1n) is 4.95.